The van der Waals surface area contributed by atoms with Crippen molar-refractivity contribution >= 4 is 39.1 Å². The van der Waals surface area contributed by atoms with Gasteiger partial charge in [0.25, 0.3) is 5.91 Å². The molecule has 0 fully saturated rings. The molecule has 2 rings (SSSR count). The van der Waals surface area contributed by atoms with Gasteiger partial charge in [-0.1, -0.05) is 11.6 Å². The van der Waals surface area contributed by atoms with Gasteiger partial charge in [-0.2, -0.15) is 0 Å². The van der Waals surface area contributed by atoms with Crippen LogP contribution in [0.5, 0.6) is 0 Å². The summed E-state index contributed by atoms with van der Waals surface area (Å²) in [4.78, 5) is 15.8. The zero-order valence-corrected chi connectivity index (χ0v) is 11.3. The minimum Gasteiger partial charge on any atom is -0.330 e. The molecule has 1 aromatic heterocycles. The van der Waals surface area contributed by atoms with E-state index >= 15 is 0 Å². The van der Waals surface area contributed by atoms with Crippen molar-refractivity contribution in [2.75, 3.05) is 5.32 Å². The highest BCUT2D eigenvalue weighted by Crippen LogP contribution is 2.25. The maximum Gasteiger partial charge on any atom is 0.273 e. The molecular weight excluding hydrogens is 305 g/mol. The first-order chi connectivity index (χ1) is 8.08. The Labute approximate surface area is 112 Å². The molecule has 0 unspecified atom stereocenters. The molecule has 6 heteroatoms. The minimum atomic E-state index is -0.209. The fourth-order valence-electron chi connectivity index (χ4n) is 1.35. The van der Waals surface area contributed by atoms with Gasteiger partial charge in [-0.05, 0) is 34.1 Å². The molecule has 0 spiro atoms. The lowest BCUT2D eigenvalue weighted by Gasteiger charge is -2.06. The highest BCUT2D eigenvalue weighted by molar-refractivity contribution is 9.10. The zero-order chi connectivity index (χ0) is 12.4. The molecule has 1 N–H and O–H groups in total. The standard InChI is InChI=1S/C11H9BrClN3O/c1-16-6-14-5-10(16)11(17)15-7-2-3-9(13)8(12)4-7/h2-6H,1H3,(H,15,17). The summed E-state index contributed by atoms with van der Waals surface area (Å²) in [6.07, 6.45) is 3.09. The van der Waals surface area contributed by atoms with Gasteiger partial charge in [-0.3, -0.25) is 4.79 Å². The van der Waals surface area contributed by atoms with Gasteiger partial charge >= 0.3 is 0 Å². The predicted octanol–water partition coefficient (Wildman–Crippen LogP) is 3.09. The predicted molar refractivity (Wildman–Crippen MR) is 70.3 cm³/mol. The number of nitrogens with zero attached hydrogens (tertiary/aromatic N) is 2. The van der Waals surface area contributed by atoms with Gasteiger partial charge in [-0.25, -0.2) is 4.98 Å². The van der Waals surface area contributed by atoms with E-state index in [1.165, 1.54) is 6.20 Å². The van der Waals surface area contributed by atoms with Crippen LogP contribution in [0.3, 0.4) is 0 Å². The molecule has 1 amide bonds. The lowest BCUT2D eigenvalue weighted by molar-refractivity contribution is 0.101. The third-order valence-electron chi connectivity index (χ3n) is 2.23. The number of benzene rings is 1. The summed E-state index contributed by atoms with van der Waals surface area (Å²) in [5.74, 6) is -0.209. The van der Waals surface area contributed by atoms with Gasteiger partial charge in [0, 0.05) is 17.2 Å². The van der Waals surface area contributed by atoms with Crippen molar-refractivity contribution in [3.63, 3.8) is 0 Å². The van der Waals surface area contributed by atoms with Crippen LogP contribution in [0.1, 0.15) is 10.5 Å². The fourth-order valence-corrected chi connectivity index (χ4v) is 1.84. The Kier molecular flexibility index (Phi) is 3.49. The lowest BCUT2D eigenvalue weighted by Crippen LogP contribution is -2.15. The van der Waals surface area contributed by atoms with E-state index in [1.807, 2.05) is 0 Å². The number of anilines is 1. The van der Waals surface area contributed by atoms with Crippen molar-refractivity contribution in [2.45, 2.75) is 0 Å². The van der Waals surface area contributed by atoms with Crippen molar-refractivity contribution in [2.24, 2.45) is 7.05 Å². The number of hydrogen-bond acceptors (Lipinski definition) is 2. The molecule has 4 nitrogen and oxygen atoms in total. The normalized spacial score (nSPS) is 10.3. The van der Waals surface area contributed by atoms with E-state index in [9.17, 15) is 4.79 Å². The Bertz CT molecular complexity index is 568. The SMILES string of the molecule is Cn1cncc1C(=O)Nc1ccc(Cl)c(Br)c1. The first-order valence-corrected chi connectivity index (χ1v) is 5.98. The van der Waals surface area contributed by atoms with Crippen LogP contribution in [0, 0.1) is 0 Å². The Morgan fingerprint density at radius 1 is 1.53 bits per heavy atom. The number of amides is 1. The number of hydrogen-bond donors (Lipinski definition) is 1. The smallest absolute Gasteiger partial charge is 0.273 e. The van der Waals surface area contributed by atoms with Crippen molar-refractivity contribution in [3.8, 4) is 0 Å². The summed E-state index contributed by atoms with van der Waals surface area (Å²) in [6.45, 7) is 0. The van der Waals surface area contributed by atoms with Crippen LogP contribution < -0.4 is 5.32 Å². The number of imidazole rings is 1. The van der Waals surface area contributed by atoms with Crippen LogP contribution in [-0.4, -0.2) is 15.5 Å². The third-order valence-corrected chi connectivity index (χ3v) is 3.44. The van der Waals surface area contributed by atoms with Crippen LogP contribution in [0.15, 0.2) is 35.2 Å². The molecule has 0 bridgehead atoms. The van der Waals surface area contributed by atoms with Gasteiger partial charge in [0.15, 0.2) is 0 Å². The first-order valence-electron chi connectivity index (χ1n) is 4.80. The largest absolute Gasteiger partial charge is 0.330 e. The molecule has 17 heavy (non-hydrogen) atoms. The molecule has 88 valence electrons. The van der Waals surface area contributed by atoms with E-state index in [0.29, 0.717) is 16.4 Å². The summed E-state index contributed by atoms with van der Waals surface area (Å²) in [7, 11) is 1.76. The number of nitrogens with one attached hydrogen (secondary N) is 1. The van der Waals surface area contributed by atoms with Gasteiger partial charge < -0.3 is 9.88 Å². The second-order valence-electron chi connectivity index (χ2n) is 3.47. The topological polar surface area (TPSA) is 46.9 Å². The number of carbonyl (C=O) groups excluding carboxylic acids is 1. The van der Waals surface area contributed by atoms with Gasteiger partial charge in [-0.15, -0.1) is 0 Å². The molecule has 0 saturated carbocycles. The summed E-state index contributed by atoms with van der Waals surface area (Å²) in [6, 6.07) is 5.20. The van der Waals surface area contributed by atoms with E-state index in [1.54, 1.807) is 36.1 Å². The molecule has 1 aromatic carbocycles. The van der Waals surface area contributed by atoms with E-state index in [2.05, 4.69) is 26.2 Å². The van der Waals surface area contributed by atoms with Crippen LogP contribution in [0.2, 0.25) is 5.02 Å². The molecule has 0 aliphatic heterocycles. The monoisotopic (exact) mass is 313 g/mol. The average Bonchev–Trinajstić information content (AvgIpc) is 2.70. The van der Waals surface area contributed by atoms with E-state index < -0.39 is 0 Å². The number of rotatable bonds is 2. The highest BCUT2D eigenvalue weighted by atomic mass is 79.9. The van der Waals surface area contributed by atoms with Crippen LogP contribution in [0.25, 0.3) is 0 Å². The maximum absolute atomic E-state index is 11.9. The van der Waals surface area contributed by atoms with Crippen molar-refractivity contribution in [3.05, 3.63) is 45.9 Å². The molecule has 2 aromatic rings. The lowest BCUT2D eigenvalue weighted by atomic mass is 10.3. The molecule has 0 atom stereocenters. The molecular formula is C11H9BrClN3O. The first kappa shape index (κ1) is 12.1. The minimum absolute atomic E-state index is 0.209. The van der Waals surface area contributed by atoms with Crippen LogP contribution in [0.4, 0.5) is 5.69 Å². The summed E-state index contributed by atoms with van der Waals surface area (Å²) in [5, 5.41) is 3.37. The zero-order valence-electron chi connectivity index (χ0n) is 8.95. The Balaban J connectivity index is 2.19. The van der Waals surface area contributed by atoms with E-state index in [-0.39, 0.29) is 5.91 Å². The molecule has 0 aliphatic carbocycles. The van der Waals surface area contributed by atoms with E-state index in [0.717, 1.165) is 4.47 Å². The molecule has 0 saturated heterocycles. The van der Waals surface area contributed by atoms with Gasteiger partial charge in [0.2, 0.25) is 0 Å². The highest BCUT2D eigenvalue weighted by Gasteiger charge is 2.10. The van der Waals surface area contributed by atoms with Crippen LogP contribution >= 0.6 is 27.5 Å². The molecule has 0 aliphatic rings. The molecule has 0 radical (unpaired) electrons. The summed E-state index contributed by atoms with van der Waals surface area (Å²) < 4.78 is 2.39. The Morgan fingerprint density at radius 2 is 2.29 bits per heavy atom. The summed E-state index contributed by atoms with van der Waals surface area (Å²) >= 11 is 9.17. The number of halogens is 2. The summed E-state index contributed by atoms with van der Waals surface area (Å²) in [5.41, 5.74) is 1.17. The third kappa shape index (κ3) is 2.68. The second-order valence-corrected chi connectivity index (χ2v) is 4.73. The second kappa shape index (κ2) is 4.89. The molecule has 1 heterocycles. The average molecular weight is 315 g/mol. The van der Waals surface area contributed by atoms with Crippen molar-refractivity contribution < 1.29 is 4.79 Å². The maximum atomic E-state index is 11.9. The number of aryl methyl sites for hydroxylation is 1. The Morgan fingerprint density at radius 3 is 2.88 bits per heavy atom. The fraction of sp³-hybridized carbons (Fsp3) is 0.0909. The van der Waals surface area contributed by atoms with Crippen molar-refractivity contribution in [1.29, 1.82) is 0 Å². The van der Waals surface area contributed by atoms with Crippen LogP contribution in [-0.2, 0) is 7.05 Å². The Hall–Kier alpha value is -1.33. The van der Waals surface area contributed by atoms with Crippen molar-refractivity contribution in [1.82, 2.24) is 9.55 Å². The van der Waals surface area contributed by atoms with Gasteiger partial charge in [0.1, 0.15) is 5.69 Å². The van der Waals surface area contributed by atoms with Gasteiger partial charge in [0.05, 0.1) is 17.5 Å². The number of aromatic nitrogens is 2. The van der Waals surface area contributed by atoms with E-state index in [4.69, 9.17) is 11.6 Å². The number of carbonyl (C=O) groups is 1. The quantitative estimate of drug-likeness (QED) is 0.926.